The van der Waals surface area contributed by atoms with Crippen LogP contribution in [0.25, 0.3) is 16.3 Å². The molecule has 2 fully saturated rings. The van der Waals surface area contributed by atoms with Gasteiger partial charge in [0.15, 0.2) is 12.5 Å². The molecule has 0 spiro atoms. The Bertz CT molecular complexity index is 1680. The molecular weight excluding hydrogens is 648 g/mol. The first-order valence-electron chi connectivity index (χ1n) is 15.8. The molecule has 48 heavy (non-hydrogen) atoms. The van der Waals surface area contributed by atoms with Gasteiger partial charge in [-0.25, -0.2) is 19.0 Å². The highest BCUT2D eigenvalue weighted by Gasteiger charge is 2.37. The number of hydrogen-bond acceptors (Lipinski definition) is 11. The van der Waals surface area contributed by atoms with Gasteiger partial charge in [0.1, 0.15) is 16.4 Å². The highest BCUT2D eigenvalue weighted by molar-refractivity contribution is 7.13. The minimum atomic E-state index is -1.00. The molecule has 2 aliphatic carbocycles. The first-order chi connectivity index (χ1) is 23.1. The lowest BCUT2D eigenvalue weighted by atomic mass is 9.79. The summed E-state index contributed by atoms with van der Waals surface area (Å²) < 4.78 is 40.9. The third-order valence-corrected chi connectivity index (χ3v) is 9.30. The molecule has 2 saturated carbocycles. The number of nitrogens with zero attached hydrogens (tertiary/aromatic N) is 5. The van der Waals surface area contributed by atoms with Crippen LogP contribution in [-0.2, 0) is 25.8 Å². The topological polar surface area (TPSA) is 184 Å². The zero-order valence-electron chi connectivity index (χ0n) is 26.3. The molecule has 4 N–H and O–H groups in total. The smallest absolute Gasteiger partial charge is 0.311 e. The van der Waals surface area contributed by atoms with Gasteiger partial charge in [0.2, 0.25) is 5.95 Å². The van der Waals surface area contributed by atoms with Gasteiger partial charge in [0, 0.05) is 30.0 Å². The largest absolute Gasteiger partial charge is 0.481 e. The normalized spacial score (nSPS) is 21.9. The van der Waals surface area contributed by atoms with E-state index in [9.17, 15) is 28.3 Å². The number of hydrogen-bond donors (Lipinski definition) is 3. The average Bonchev–Trinajstić information content (AvgIpc) is 3.77. The fraction of sp³-hybridized carbons (Fsp3) is 0.469. The highest BCUT2D eigenvalue weighted by atomic mass is 32.1. The van der Waals surface area contributed by atoms with E-state index in [2.05, 4.69) is 25.4 Å². The molecule has 13 nitrogen and oxygen atoms in total. The van der Waals surface area contributed by atoms with Gasteiger partial charge >= 0.3 is 11.9 Å². The van der Waals surface area contributed by atoms with E-state index in [1.165, 1.54) is 22.5 Å². The quantitative estimate of drug-likeness (QED) is 0.139. The van der Waals surface area contributed by atoms with Gasteiger partial charge in [0.25, 0.3) is 5.91 Å². The van der Waals surface area contributed by atoms with Crippen LogP contribution < -0.4 is 11.1 Å². The average molecular weight is 686 g/mol. The molecule has 0 unspecified atom stereocenters. The summed E-state index contributed by atoms with van der Waals surface area (Å²) in [6.45, 7) is 2.36. The number of carbonyl (C=O) groups excluding carboxylic acids is 2. The van der Waals surface area contributed by atoms with Crippen LogP contribution in [0.3, 0.4) is 0 Å². The standard InChI is InChI=1S/C32H37F2N7O6S/c1-2-46-20-9-7-19(8-10-20)36-14-24(27(35)28-23(33)11-12-26(34)40-28)38-29(42)25-16-48-30(39-25)18-13-37-41(15-18)17-47-32(45)22-6-4-3-5-21(22)31(43)44/h11-16,19-22H,2-10,17,35H2,1H3,(H,38,42)(H,43,44)/b27-24+,36-14?/t19?,20?,21-,22+/m0/s1. The van der Waals surface area contributed by atoms with E-state index in [1.807, 2.05) is 6.92 Å². The molecule has 16 heteroatoms. The molecule has 1 amide bonds. The summed E-state index contributed by atoms with van der Waals surface area (Å²) in [4.78, 5) is 50.0. The number of ether oxygens (including phenoxy) is 2. The van der Waals surface area contributed by atoms with Crippen molar-refractivity contribution >= 4 is 41.1 Å². The molecule has 0 aliphatic heterocycles. The van der Waals surface area contributed by atoms with E-state index in [4.69, 9.17) is 15.2 Å². The van der Waals surface area contributed by atoms with Crippen molar-refractivity contribution < 1.29 is 37.7 Å². The van der Waals surface area contributed by atoms with Crippen molar-refractivity contribution in [3.63, 3.8) is 0 Å². The van der Waals surface area contributed by atoms with Crippen LogP contribution in [0.1, 0.15) is 74.5 Å². The molecule has 2 aliphatic rings. The number of amides is 1. The van der Waals surface area contributed by atoms with Gasteiger partial charge in [-0.1, -0.05) is 12.8 Å². The monoisotopic (exact) mass is 685 g/mol. The molecule has 3 aromatic heterocycles. The van der Waals surface area contributed by atoms with Crippen molar-refractivity contribution in [2.75, 3.05) is 6.61 Å². The molecule has 3 aromatic rings. The Morgan fingerprint density at radius 3 is 2.60 bits per heavy atom. The summed E-state index contributed by atoms with van der Waals surface area (Å²) in [5.41, 5.74) is 5.96. The van der Waals surface area contributed by atoms with Crippen LogP contribution in [-0.4, -0.2) is 67.7 Å². The molecule has 256 valence electrons. The summed E-state index contributed by atoms with van der Waals surface area (Å²) in [5, 5.41) is 18.2. The number of allylic oxidation sites excluding steroid dienone is 1. The lowest BCUT2D eigenvalue weighted by Gasteiger charge is -2.26. The van der Waals surface area contributed by atoms with Gasteiger partial charge in [-0.2, -0.15) is 9.49 Å². The summed E-state index contributed by atoms with van der Waals surface area (Å²) in [5.74, 6) is -5.52. The third kappa shape index (κ3) is 8.66. The Hall–Kier alpha value is -4.57. The molecular formula is C32H37F2N7O6S. The van der Waals surface area contributed by atoms with E-state index in [-0.39, 0.29) is 36.0 Å². The predicted molar refractivity (Wildman–Crippen MR) is 171 cm³/mol. The second kappa shape index (κ2) is 16.0. The number of carboxylic acids is 1. The third-order valence-electron chi connectivity index (χ3n) is 8.41. The maximum atomic E-state index is 14.6. The summed E-state index contributed by atoms with van der Waals surface area (Å²) >= 11 is 1.16. The van der Waals surface area contributed by atoms with Crippen LogP contribution >= 0.6 is 11.3 Å². The number of aliphatic imine (C=N–C) groups is 1. The number of esters is 1. The molecule has 3 heterocycles. The first kappa shape index (κ1) is 34.8. The van der Waals surface area contributed by atoms with E-state index in [0.29, 0.717) is 30.0 Å². The van der Waals surface area contributed by atoms with Crippen LogP contribution in [0.4, 0.5) is 8.78 Å². The number of thiazole rings is 1. The minimum absolute atomic E-state index is 0.0229. The summed E-state index contributed by atoms with van der Waals surface area (Å²) in [7, 11) is 0. The molecule has 5 rings (SSSR count). The van der Waals surface area contributed by atoms with E-state index >= 15 is 0 Å². The Balaban J connectivity index is 1.27. The molecule has 2 atom stereocenters. The number of aliphatic carboxylic acids is 1. The fourth-order valence-electron chi connectivity index (χ4n) is 5.87. The van der Waals surface area contributed by atoms with E-state index in [1.54, 1.807) is 6.20 Å². The molecule has 0 bridgehead atoms. The van der Waals surface area contributed by atoms with Crippen LogP contribution in [0.5, 0.6) is 0 Å². The number of pyridine rings is 1. The minimum Gasteiger partial charge on any atom is -0.481 e. The molecule has 0 aromatic carbocycles. The Morgan fingerprint density at radius 1 is 1.12 bits per heavy atom. The SMILES string of the molecule is CCOC1CCC(N=C/C(NC(=O)c2csc(-c3cnn(COC(=O)[C@@H]4CCCC[C@@H]4C(=O)O)c3)n2)=C(\N)c2nc(F)ccc2F)CC1. The van der Waals surface area contributed by atoms with Crippen LogP contribution in [0.2, 0.25) is 0 Å². The summed E-state index contributed by atoms with van der Waals surface area (Å²) in [6, 6.07) is 1.69. The second-order valence-corrected chi connectivity index (χ2v) is 12.5. The maximum Gasteiger partial charge on any atom is 0.311 e. The van der Waals surface area contributed by atoms with Gasteiger partial charge in [-0.3, -0.25) is 19.4 Å². The van der Waals surface area contributed by atoms with Crippen molar-refractivity contribution in [1.82, 2.24) is 25.1 Å². The zero-order chi connectivity index (χ0) is 34.2. The lowest BCUT2D eigenvalue weighted by Crippen LogP contribution is -2.34. The highest BCUT2D eigenvalue weighted by Crippen LogP contribution is 2.31. The van der Waals surface area contributed by atoms with Crippen LogP contribution in [0, 0.1) is 23.6 Å². The number of nitrogens with two attached hydrogens (primary N) is 1. The predicted octanol–water partition coefficient (Wildman–Crippen LogP) is 4.55. The van der Waals surface area contributed by atoms with Gasteiger partial charge in [-0.15, -0.1) is 11.3 Å². The number of rotatable bonds is 12. The molecule has 0 saturated heterocycles. The Kier molecular flexibility index (Phi) is 11.6. The van der Waals surface area contributed by atoms with Crippen molar-refractivity contribution in [2.24, 2.45) is 22.6 Å². The first-order valence-corrected chi connectivity index (χ1v) is 16.7. The van der Waals surface area contributed by atoms with Crippen molar-refractivity contribution in [2.45, 2.75) is 77.2 Å². The zero-order valence-corrected chi connectivity index (χ0v) is 27.1. The fourth-order valence-corrected chi connectivity index (χ4v) is 6.64. The van der Waals surface area contributed by atoms with Crippen molar-refractivity contribution in [1.29, 1.82) is 0 Å². The molecule has 0 radical (unpaired) electrons. The Labute approximate surface area is 279 Å². The maximum absolute atomic E-state index is 14.6. The van der Waals surface area contributed by atoms with Crippen molar-refractivity contribution in [3.05, 3.63) is 58.8 Å². The number of aromatic nitrogens is 4. The van der Waals surface area contributed by atoms with Gasteiger partial charge < -0.3 is 25.6 Å². The number of carboxylic acid groups (broad SMARTS) is 1. The number of carbonyl (C=O) groups is 3. The number of nitrogens with one attached hydrogen (secondary N) is 1. The second-order valence-electron chi connectivity index (χ2n) is 11.6. The van der Waals surface area contributed by atoms with Gasteiger partial charge in [-0.05, 0) is 57.6 Å². The van der Waals surface area contributed by atoms with Crippen LogP contribution in [0.15, 0.2) is 40.6 Å². The number of halogens is 2. The van der Waals surface area contributed by atoms with E-state index < -0.39 is 47.1 Å². The van der Waals surface area contributed by atoms with E-state index in [0.717, 1.165) is 62.0 Å². The Morgan fingerprint density at radius 2 is 1.88 bits per heavy atom. The lowest BCUT2D eigenvalue weighted by molar-refractivity contribution is -0.162. The van der Waals surface area contributed by atoms with Crippen molar-refractivity contribution in [3.8, 4) is 10.6 Å². The van der Waals surface area contributed by atoms with Gasteiger partial charge in [0.05, 0.1) is 41.6 Å². The summed E-state index contributed by atoms with van der Waals surface area (Å²) in [6.07, 6.45) is 10.1.